The van der Waals surface area contributed by atoms with E-state index in [1.165, 1.54) is 0 Å². The summed E-state index contributed by atoms with van der Waals surface area (Å²) >= 11 is 5.64. The second-order valence-corrected chi connectivity index (χ2v) is 2.29. The summed E-state index contributed by atoms with van der Waals surface area (Å²) in [5.74, 6) is 0. The van der Waals surface area contributed by atoms with Crippen molar-refractivity contribution in [2.75, 3.05) is 5.43 Å². The van der Waals surface area contributed by atoms with Crippen LogP contribution in [0, 0.1) is 6.57 Å². The number of halogens is 1. The van der Waals surface area contributed by atoms with Gasteiger partial charge < -0.3 is 0 Å². The molecule has 0 atom stereocenters. The van der Waals surface area contributed by atoms with Gasteiger partial charge in [-0.2, -0.15) is 6.57 Å². The lowest BCUT2D eigenvalue weighted by molar-refractivity contribution is 1.05. The van der Waals surface area contributed by atoms with Crippen molar-refractivity contribution in [2.45, 2.75) is 0 Å². The van der Waals surface area contributed by atoms with Gasteiger partial charge in [0.2, 0.25) is 0 Å². The Morgan fingerprint density at radius 1 is 1.27 bits per heavy atom. The molecule has 0 aliphatic rings. The highest BCUT2D eigenvalue weighted by Crippen LogP contribution is 2.12. The molecule has 3 nitrogen and oxygen atoms in total. The molecule has 0 fully saturated rings. The van der Waals surface area contributed by atoms with Crippen molar-refractivity contribution in [1.29, 1.82) is 0 Å². The second kappa shape index (κ2) is 3.69. The number of benzene rings is 1. The zero-order valence-electron chi connectivity index (χ0n) is 5.63. The smallest absolute Gasteiger partial charge is 0.0600 e. The van der Waals surface area contributed by atoms with E-state index in [0.717, 1.165) is 5.69 Å². The van der Waals surface area contributed by atoms with E-state index in [-0.39, 0.29) is 0 Å². The normalized spacial score (nSPS) is 8.36. The largest absolute Gasteiger partial charge is 0.242 e. The summed E-state index contributed by atoms with van der Waals surface area (Å²) in [6.45, 7) is 6.42. The van der Waals surface area contributed by atoms with Gasteiger partial charge in [0.25, 0.3) is 0 Å². The summed E-state index contributed by atoms with van der Waals surface area (Å²) in [6, 6.07) is 7.05. The lowest BCUT2D eigenvalue weighted by Gasteiger charge is -1.98. The maximum absolute atomic E-state index is 6.42. The molecular formula is C7H6ClN3. The highest BCUT2D eigenvalue weighted by molar-refractivity contribution is 6.30. The van der Waals surface area contributed by atoms with Gasteiger partial charge in [0.15, 0.2) is 0 Å². The topological polar surface area (TPSA) is 28.4 Å². The number of hydrazine groups is 1. The minimum atomic E-state index is 0.679. The molecule has 0 spiro atoms. The molecule has 0 radical (unpaired) electrons. The Labute approximate surface area is 69.7 Å². The van der Waals surface area contributed by atoms with Crippen LogP contribution in [0.15, 0.2) is 24.3 Å². The van der Waals surface area contributed by atoms with E-state index in [1.807, 2.05) is 0 Å². The van der Waals surface area contributed by atoms with Gasteiger partial charge in [-0.3, -0.25) is 0 Å². The van der Waals surface area contributed by atoms with Crippen LogP contribution >= 0.6 is 11.6 Å². The molecule has 11 heavy (non-hydrogen) atoms. The average molecular weight is 168 g/mol. The van der Waals surface area contributed by atoms with E-state index >= 15 is 0 Å². The Balaban J connectivity index is 2.60. The zero-order chi connectivity index (χ0) is 8.10. The Morgan fingerprint density at radius 3 is 2.45 bits per heavy atom. The molecule has 0 saturated carbocycles. The molecule has 0 saturated heterocycles. The van der Waals surface area contributed by atoms with Gasteiger partial charge in [-0.25, -0.2) is 5.43 Å². The highest BCUT2D eigenvalue weighted by Gasteiger charge is 1.89. The first-order valence-corrected chi connectivity index (χ1v) is 3.34. The molecule has 56 valence electrons. The summed E-state index contributed by atoms with van der Waals surface area (Å²) in [5.41, 5.74) is 5.75. The van der Waals surface area contributed by atoms with Crippen molar-refractivity contribution >= 4 is 17.3 Å². The van der Waals surface area contributed by atoms with Crippen molar-refractivity contribution in [1.82, 2.24) is 5.53 Å². The SMILES string of the molecule is [C-]#[N+]NNc1ccc(Cl)cc1. The number of nitrogens with one attached hydrogen (secondary N) is 2. The standard InChI is InChI=1S/C7H6ClN3/c1-9-11-10-7-4-2-6(8)3-5-7/h2-5,10-11H. The lowest BCUT2D eigenvalue weighted by Crippen LogP contribution is -2.11. The third-order valence-corrected chi connectivity index (χ3v) is 1.35. The quantitative estimate of drug-likeness (QED) is 0.522. The summed E-state index contributed by atoms with van der Waals surface area (Å²) in [7, 11) is 0. The highest BCUT2D eigenvalue weighted by atomic mass is 35.5. The summed E-state index contributed by atoms with van der Waals surface area (Å²) in [5, 5.41) is 0.679. The minimum absolute atomic E-state index is 0.679. The van der Waals surface area contributed by atoms with Crippen molar-refractivity contribution in [2.24, 2.45) is 0 Å². The molecule has 0 bridgehead atoms. The van der Waals surface area contributed by atoms with Gasteiger partial charge in [0.05, 0.1) is 5.69 Å². The summed E-state index contributed by atoms with van der Waals surface area (Å²) in [4.78, 5) is 2.91. The third-order valence-electron chi connectivity index (χ3n) is 1.10. The van der Waals surface area contributed by atoms with Gasteiger partial charge in [0, 0.05) is 5.02 Å². The molecule has 4 heteroatoms. The van der Waals surface area contributed by atoms with E-state index in [9.17, 15) is 0 Å². The number of hydrogen-bond donors (Lipinski definition) is 2. The van der Waals surface area contributed by atoms with Crippen molar-refractivity contribution < 1.29 is 0 Å². The van der Waals surface area contributed by atoms with Gasteiger partial charge in [0.1, 0.15) is 0 Å². The van der Waals surface area contributed by atoms with Crippen LogP contribution in [-0.2, 0) is 0 Å². The van der Waals surface area contributed by atoms with E-state index < -0.39 is 0 Å². The fraction of sp³-hybridized carbons (Fsp3) is 0. The fourth-order valence-corrected chi connectivity index (χ4v) is 0.752. The maximum Gasteiger partial charge on any atom is 0.0600 e. The first kappa shape index (κ1) is 7.70. The molecule has 0 aliphatic heterocycles. The number of rotatable bonds is 2. The van der Waals surface area contributed by atoms with Crippen LogP contribution in [0.5, 0.6) is 0 Å². The minimum Gasteiger partial charge on any atom is -0.242 e. The molecular weight excluding hydrogens is 162 g/mol. The van der Waals surface area contributed by atoms with Crippen molar-refractivity contribution in [3.05, 3.63) is 40.8 Å². The van der Waals surface area contributed by atoms with Gasteiger partial charge in [-0.15, -0.1) is 4.95 Å². The summed E-state index contributed by atoms with van der Waals surface area (Å²) < 4.78 is 0. The van der Waals surface area contributed by atoms with Crippen LogP contribution in [-0.4, -0.2) is 0 Å². The monoisotopic (exact) mass is 167 g/mol. The van der Waals surface area contributed by atoms with Crippen LogP contribution in [0.1, 0.15) is 0 Å². The Hall–Kier alpha value is -1.40. The zero-order valence-corrected chi connectivity index (χ0v) is 6.39. The predicted octanol–water partition coefficient (Wildman–Crippen LogP) is 2.09. The predicted molar refractivity (Wildman–Crippen MR) is 44.8 cm³/mol. The number of nitrogens with zero attached hydrogens (tertiary/aromatic N) is 1. The van der Waals surface area contributed by atoms with Crippen LogP contribution < -0.4 is 11.0 Å². The van der Waals surface area contributed by atoms with Crippen LogP contribution in [0.4, 0.5) is 5.69 Å². The fourth-order valence-electron chi connectivity index (χ4n) is 0.626. The van der Waals surface area contributed by atoms with Crippen molar-refractivity contribution in [3.63, 3.8) is 0 Å². The second-order valence-electron chi connectivity index (χ2n) is 1.86. The molecule has 0 heterocycles. The molecule has 0 unspecified atom stereocenters. The summed E-state index contributed by atoms with van der Waals surface area (Å²) in [6.07, 6.45) is 0. The molecule has 2 N–H and O–H groups in total. The molecule has 0 aromatic heterocycles. The van der Waals surface area contributed by atoms with Crippen LogP contribution in [0.25, 0.3) is 4.95 Å². The van der Waals surface area contributed by atoms with Crippen molar-refractivity contribution in [3.8, 4) is 0 Å². The van der Waals surface area contributed by atoms with Gasteiger partial charge in [-0.05, 0) is 29.8 Å². The molecule has 1 aromatic carbocycles. The van der Waals surface area contributed by atoms with E-state index in [2.05, 4.69) is 15.9 Å². The van der Waals surface area contributed by atoms with E-state index in [0.29, 0.717) is 5.02 Å². The Kier molecular flexibility index (Phi) is 2.59. The average Bonchev–Trinajstić information content (AvgIpc) is 2.04. The lowest BCUT2D eigenvalue weighted by atomic mass is 10.3. The van der Waals surface area contributed by atoms with Gasteiger partial charge in [-0.1, -0.05) is 11.6 Å². The first-order chi connectivity index (χ1) is 5.33. The molecule has 1 rings (SSSR count). The molecule has 0 aliphatic carbocycles. The molecule has 0 amide bonds. The number of hydrogen-bond acceptors (Lipinski definition) is 2. The first-order valence-electron chi connectivity index (χ1n) is 2.96. The Bertz CT molecular complexity index is 262. The molecule has 1 aromatic rings. The Morgan fingerprint density at radius 2 is 1.91 bits per heavy atom. The van der Waals surface area contributed by atoms with Gasteiger partial charge >= 0.3 is 0 Å². The van der Waals surface area contributed by atoms with E-state index in [4.69, 9.17) is 18.2 Å². The third kappa shape index (κ3) is 2.36. The van der Waals surface area contributed by atoms with Crippen LogP contribution in [0.2, 0.25) is 5.02 Å². The van der Waals surface area contributed by atoms with Crippen LogP contribution in [0.3, 0.4) is 0 Å². The number of anilines is 1. The van der Waals surface area contributed by atoms with E-state index in [1.54, 1.807) is 24.3 Å². The maximum atomic E-state index is 6.42.